The van der Waals surface area contributed by atoms with E-state index in [1.54, 1.807) is 30.3 Å². The molecule has 0 aliphatic heterocycles. The van der Waals surface area contributed by atoms with Crippen molar-refractivity contribution in [2.45, 2.75) is 6.92 Å². The number of fused-ring (bicyclic) bond motifs is 1. The number of methoxy groups -OCH3 is 2. The van der Waals surface area contributed by atoms with Gasteiger partial charge in [-0.25, -0.2) is 9.78 Å². The molecule has 1 amide bonds. The Morgan fingerprint density at radius 2 is 1.78 bits per heavy atom. The van der Waals surface area contributed by atoms with E-state index in [-0.39, 0.29) is 10.8 Å². The second-order valence-corrected chi connectivity index (χ2v) is 7.40. The lowest BCUT2D eigenvalue weighted by atomic mass is 10.2. The summed E-state index contributed by atoms with van der Waals surface area (Å²) in [5, 5.41) is 3.86. The monoisotopic (exact) mass is 478 g/mol. The Kier molecular flexibility index (Phi) is 7.61. The zero-order chi connectivity index (χ0) is 23.3. The molecule has 32 heavy (non-hydrogen) atoms. The number of aryl methyl sites for hydroxylation is 1. The van der Waals surface area contributed by atoms with E-state index in [4.69, 9.17) is 42.1 Å². The third-order valence-corrected chi connectivity index (χ3v) is 4.95. The van der Waals surface area contributed by atoms with Gasteiger partial charge in [-0.1, -0.05) is 23.2 Å². The number of carbonyl (C=O) groups excluding carboxylic acids is 2. The minimum absolute atomic E-state index is 0.206. The molecule has 1 N–H and O–H groups in total. The van der Waals surface area contributed by atoms with Crippen LogP contribution in [-0.4, -0.2) is 44.3 Å². The van der Waals surface area contributed by atoms with E-state index in [1.807, 2.05) is 6.92 Å². The first kappa shape index (κ1) is 23.4. The summed E-state index contributed by atoms with van der Waals surface area (Å²) in [4.78, 5) is 28.7. The quantitative estimate of drug-likeness (QED) is 0.478. The average molecular weight is 479 g/mol. The summed E-state index contributed by atoms with van der Waals surface area (Å²) in [6.45, 7) is 0.831. The summed E-state index contributed by atoms with van der Waals surface area (Å²) in [6.07, 6.45) is 0. The maximum atomic E-state index is 12.2. The number of anilines is 1. The fourth-order valence-corrected chi connectivity index (χ4v) is 3.40. The van der Waals surface area contributed by atoms with Crippen molar-refractivity contribution >= 4 is 51.7 Å². The Bertz CT molecular complexity index is 1170. The van der Waals surface area contributed by atoms with Gasteiger partial charge in [-0.3, -0.25) is 4.79 Å². The minimum atomic E-state index is -0.756. The molecule has 0 radical (unpaired) electrons. The number of amides is 1. The van der Waals surface area contributed by atoms with Crippen LogP contribution < -0.4 is 19.5 Å². The molecule has 2 aromatic carbocycles. The van der Waals surface area contributed by atoms with Crippen LogP contribution in [0.3, 0.4) is 0 Å². The SMILES string of the molecule is COc1ccc(NC(=O)COC(=O)COc2c(Cl)cc(Cl)c3ccc(C)nc23)c(OC)c1. The van der Waals surface area contributed by atoms with Gasteiger partial charge in [-0.15, -0.1) is 0 Å². The smallest absolute Gasteiger partial charge is 0.344 e. The Hall–Kier alpha value is -3.23. The van der Waals surface area contributed by atoms with Crippen molar-refractivity contribution < 1.29 is 28.5 Å². The first-order valence-electron chi connectivity index (χ1n) is 9.38. The molecule has 0 fully saturated rings. The van der Waals surface area contributed by atoms with Gasteiger partial charge in [0.05, 0.1) is 30.0 Å². The van der Waals surface area contributed by atoms with Crippen LogP contribution in [0.5, 0.6) is 17.2 Å². The molecule has 0 bridgehead atoms. The summed E-state index contributed by atoms with van der Waals surface area (Å²) in [6, 6.07) is 10.00. The third kappa shape index (κ3) is 5.52. The molecule has 3 aromatic rings. The number of esters is 1. The summed E-state index contributed by atoms with van der Waals surface area (Å²) < 4.78 is 20.9. The van der Waals surface area contributed by atoms with Gasteiger partial charge in [0.1, 0.15) is 17.0 Å². The third-order valence-electron chi connectivity index (χ3n) is 4.36. The number of hydrogen-bond donors (Lipinski definition) is 1. The van der Waals surface area contributed by atoms with Crippen LogP contribution in [0, 0.1) is 6.92 Å². The van der Waals surface area contributed by atoms with Crippen LogP contribution in [-0.2, 0) is 14.3 Å². The molecule has 0 saturated heterocycles. The number of nitrogens with one attached hydrogen (secondary N) is 1. The van der Waals surface area contributed by atoms with Crippen LogP contribution in [0.25, 0.3) is 10.9 Å². The highest BCUT2D eigenvalue weighted by molar-refractivity contribution is 6.39. The highest BCUT2D eigenvalue weighted by Crippen LogP contribution is 2.37. The molecule has 0 aliphatic rings. The van der Waals surface area contributed by atoms with E-state index in [0.29, 0.717) is 33.1 Å². The summed E-state index contributed by atoms with van der Waals surface area (Å²) in [5.74, 6) is -0.122. The lowest BCUT2D eigenvalue weighted by molar-refractivity contribution is -0.149. The molecule has 10 heteroatoms. The van der Waals surface area contributed by atoms with Crippen LogP contribution in [0.2, 0.25) is 10.0 Å². The van der Waals surface area contributed by atoms with Crippen molar-refractivity contribution in [1.82, 2.24) is 4.98 Å². The predicted molar refractivity (Wildman–Crippen MR) is 121 cm³/mol. The van der Waals surface area contributed by atoms with E-state index in [1.165, 1.54) is 20.3 Å². The van der Waals surface area contributed by atoms with Gasteiger partial charge in [-0.2, -0.15) is 0 Å². The van der Waals surface area contributed by atoms with Crippen molar-refractivity contribution in [2.24, 2.45) is 0 Å². The Labute approximate surface area is 194 Å². The number of carbonyl (C=O) groups is 2. The molecule has 0 unspecified atom stereocenters. The highest BCUT2D eigenvalue weighted by Gasteiger charge is 2.16. The maximum Gasteiger partial charge on any atom is 0.344 e. The van der Waals surface area contributed by atoms with Gasteiger partial charge in [0.25, 0.3) is 5.91 Å². The van der Waals surface area contributed by atoms with E-state index in [0.717, 1.165) is 5.69 Å². The van der Waals surface area contributed by atoms with Crippen molar-refractivity contribution in [3.8, 4) is 17.2 Å². The summed E-state index contributed by atoms with van der Waals surface area (Å²) in [7, 11) is 2.98. The van der Waals surface area contributed by atoms with E-state index in [2.05, 4.69) is 10.3 Å². The zero-order valence-corrected chi connectivity index (χ0v) is 19.0. The van der Waals surface area contributed by atoms with Crippen molar-refractivity contribution in [2.75, 3.05) is 32.8 Å². The molecule has 168 valence electrons. The predicted octanol–water partition coefficient (Wildman–Crippen LogP) is 4.43. The minimum Gasteiger partial charge on any atom is -0.497 e. The number of benzene rings is 2. The molecule has 0 aliphatic carbocycles. The molecular weight excluding hydrogens is 459 g/mol. The highest BCUT2D eigenvalue weighted by atomic mass is 35.5. The number of nitrogens with zero attached hydrogens (tertiary/aromatic N) is 1. The van der Waals surface area contributed by atoms with E-state index < -0.39 is 25.1 Å². The van der Waals surface area contributed by atoms with Crippen molar-refractivity contribution in [1.29, 1.82) is 0 Å². The lowest BCUT2D eigenvalue weighted by Gasteiger charge is -2.13. The molecule has 0 atom stereocenters. The average Bonchev–Trinajstić information content (AvgIpc) is 2.77. The fourth-order valence-electron chi connectivity index (χ4n) is 2.83. The van der Waals surface area contributed by atoms with Crippen molar-refractivity contribution in [3.05, 3.63) is 52.1 Å². The number of rotatable bonds is 8. The van der Waals surface area contributed by atoms with Gasteiger partial charge in [0, 0.05) is 17.1 Å². The topological polar surface area (TPSA) is 96.0 Å². The maximum absolute atomic E-state index is 12.2. The Balaban J connectivity index is 1.59. The number of halogens is 2. The van der Waals surface area contributed by atoms with E-state index in [9.17, 15) is 9.59 Å². The Morgan fingerprint density at radius 1 is 1.00 bits per heavy atom. The van der Waals surface area contributed by atoms with Gasteiger partial charge >= 0.3 is 5.97 Å². The normalized spacial score (nSPS) is 10.5. The summed E-state index contributed by atoms with van der Waals surface area (Å²) in [5.41, 5.74) is 1.57. The Morgan fingerprint density at radius 3 is 2.50 bits per heavy atom. The first-order chi connectivity index (χ1) is 15.3. The molecule has 3 rings (SSSR count). The van der Waals surface area contributed by atoms with Crippen LogP contribution in [0.15, 0.2) is 36.4 Å². The fraction of sp³-hybridized carbons (Fsp3) is 0.227. The molecule has 0 spiro atoms. The van der Waals surface area contributed by atoms with Crippen LogP contribution in [0.1, 0.15) is 5.69 Å². The van der Waals surface area contributed by atoms with Gasteiger partial charge in [0.15, 0.2) is 19.0 Å². The van der Waals surface area contributed by atoms with E-state index >= 15 is 0 Å². The van der Waals surface area contributed by atoms with Crippen molar-refractivity contribution in [3.63, 3.8) is 0 Å². The number of pyridine rings is 1. The van der Waals surface area contributed by atoms with Gasteiger partial charge in [-0.05, 0) is 37.3 Å². The second kappa shape index (κ2) is 10.4. The lowest BCUT2D eigenvalue weighted by Crippen LogP contribution is -2.24. The molecule has 1 heterocycles. The molecular formula is C22H20Cl2N2O6. The van der Waals surface area contributed by atoms with Gasteiger partial charge < -0.3 is 24.3 Å². The molecule has 0 saturated carbocycles. The van der Waals surface area contributed by atoms with Crippen LogP contribution in [0.4, 0.5) is 5.69 Å². The van der Waals surface area contributed by atoms with Crippen LogP contribution >= 0.6 is 23.2 Å². The molecule has 8 nitrogen and oxygen atoms in total. The number of hydrogen-bond acceptors (Lipinski definition) is 7. The first-order valence-corrected chi connectivity index (χ1v) is 10.1. The second-order valence-electron chi connectivity index (χ2n) is 6.58. The van der Waals surface area contributed by atoms with Gasteiger partial charge in [0.2, 0.25) is 0 Å². The zero-order valence-electron chi connectivity index (χ0n) is 17.5. The molecule has 1 aromatic heterocycles. The number of ether oxygens (including phenoxy) is 4. The summed E-state index contributed by atoms with van der Waals surface area (Å²) >= 11 is 12.4. The largest absolute Gasteiger partial charge is 0.497 e. The standard InChI is InChI=1S/C22H20Cl2N2O6/c1-12-4-6-14-15(23)9-16(24)22(21(14)25-12)32-11-20(28)31-10-19(27)26-17-7-5-13(29-2)8-18(17)30-3/h4-9H,10-11H2,1-3H3,(H,26,27). The number of aromatic nitrogens is 1.